The topological polar surface area (TPSA) is 194 Å². The van der Waals surface area contributed by atoms with E-state index >= 15 is 0 Å². The van der Waals surface area contributed by atoms with Crippen molar-refractivity contribution >= 4 is 81.1 Å². The second-order valence-electron chi connectivity index (χ2n) is 7.62. The van der Waals surface area contributed by atoms with Crippen molar-refractivity contribution in [2.24, 2.45) is 10.9 Å². The summed E-state index contributed by atoms with van der Waals surface area (Å²) in [6.45, 7) is 0.549. The first-order valence-corrected chi connectivity index (χ1v) is 14.8. The van der Waals surface area contributed by atoms with Crippen molar-refractivity contribution in [3.63, 3.8) is 0 Å². The van der Waals surface area contributed by atoms with Crippen LogP contribution in [0.25, 0.3) is 0 Å². The van der Waals surface area contributed by atoms with Gasteiger partial charge < -0.3 is 21.9 Å². The Kier molecular flexibility index (Phi) is 8.97. The maximum atomic E-state index is 13.0. The first-order valence-electron chi connectivity index (χ1n) is 10.6. The zero-order valence-electron chi connectivity index (χ0n) is 18.8. The van der Waals surface area contributed by atoms with Gasteiger partial charge in [-0.2, -0.15) is 11.8 Å². The van der Waals surface area contributed by atoms with Crippen LogP contribution in [0.15, 0.2) is 39.1 Å². The van der Waals surface area contributed by atoms with Crippen molar-refractivity contribution in [1.82, 2.24) is 20.2 Å². The fourth-order valence-corrected chi connectivity index (χ4v) is 8.05. The maximum absolute atomic E-state index is 13.0. The number of β-lactam (4-membered cyclic amide) rings is 1. The van der Waals surface area contributed by atoms with Crippen molar-refractivity contribution in [3.8, 4) is 0 Å². The number of carbonyl (C=O) groups is 3. The van der Waals surface area contributed by atoms with Gasteiger partial charge in [0.15, 0.2) is 5.13 Å². The van der Waals surface area contributed by atoms with Crippen LogP contribution in [0, 0.1) is 4.91 Å². The first-order chi connectivity index (χ1) is 17.8. The SMILES string of the molecule is NCCSCc1ccncc1SC1=C(C(=O)O)N2C(=O)[C@@H](NC(=O)C(N=O)c3nc(N)sc3Cl)[C@@H]2SC1. The lowest BCUT2D eigenvalue weighted by molar-refractivity contribution is -0.150. The highest BCUT2D eigenvalue weighted by atomic mass is 35.5. The number of fused-ring (bicyclic) bond motifs is 1. The van der Waals surface area contributed by atoms with Gasteiger partial charge in [-0.15, -0.1) is 16.7 Å². The molecular weight excluding hydrogens is 582 g/mol. The van der Waals surface area contributed by atoms with Crippen molar-refractivity contribution < 1.29 is 19.5 Å². The highest BCUT2D eigenvalue weighted by molar-refractivity contribution is 8.06. The van der Waals surface area contributed by atoms with Crippen LogP contribution in [0.1, 0.15) is 17.3 Å². The van der Waals surface area contributed by atoms with E-state index in [-0.39, 0.29) is 20.9 Å². The molecule has 4 heterocycles. The van der Waals surface area contributed by atoms with Gasteiger partial charge in [-0.25, -0.2) is 9.78 Å². The lowest BCUT2D eigenvalue weighted by atomic mass is 10.0. The fraction of sp³-hybridized carbons (Fsp3) is 0.350. The number of pyridine rings is 1. The van der Waals surface area contributed by atoms with Gasteiger partial charge in [-0.1, -0.05) is 34.7 Å². The van der Waals surface area contributed by atoms with E-state index in [4.69, 9.17) is 23.1 Å². The van der Waals surface area contributed by atoms with E-state index in [0.29, 0.717) is 23.0 Å². The predicted octanol–water partition coefficient (Wildman–Crippen LogP) is 2.26. The second-order valence-corrected chi connectivity index (χ2v) is 12.6. The summed E-state index contributed by atoms with van der Waals surface area (Å²) in [7, 11) is 0. The standard InChI is InChI=1S/C20H20ClN7O5S4/c21-15-11(26-20(23)37-15)12(27-33)16(29)25-13-17(30)28-14(19(31)32)10(7-35-18(13)28)36-9-5-24-3-1-8(9)6-34-4-2-22/h1,3,5,12-13,18H,2,4,6-7,22H2,(H2,23,26)(H,25,29)(H,31,32)/t12?,13-,18+/m1/s1. The number of nitrogens with two attached hydrogens (primary N) is 2. The number of hydrogen-bond acceptors (Lipinski definition) is 13. The lowest BCUT2D eigenvalue weighted by Crippen LogP contribution is -2.70. The van der Waals surface area contributed by atoms with E-state index in [9.17, 15) is 24.4 Å². The average Bonchev–Trinajstić information content (AvgIpc) is 3.20. The Morgan fingerprint density at radius 1 is 1.43 bits per heavy atom. The number of aliphatic carboxylic acids is 1. The molecule has 2 amide bonds. The van der Waals surface area contributed by atoms with Crippen molar-refractivity contribution in [1.29, 1.82) is 0 Å². The molecule has 2 aromatic rings. The zero-order chi connectivity index (χ0) is 26.7. The number of hydrogen-bond donors (Lipinski definition) is 4. The van der Waals surface area contributed by atoms with E-state index < -0.39 is 35.2 Å². The molecule has 0 radical (unpaired) electrons. The number of nitrogens with one attached hydrogen (secondary N) is 1. The molecule has 37 heavy (non-hydrogen) atoms. The van der Waals surface area contributed by atoms with Crippen LogP contribution >= 0.6 is 58.2 Å². The van der Waals surface area contributed by atoms with Gasteiger partial charge >= 0.3 is 5.97 Å². The summed E-state index contributed by atoms with van der Waals surface area (Å²) in [6.07, 6.45) is 3.33. The van der Waals surface area contributed by atoms with Crippen LogP contribution < -0.4 is 16.8 Å². The van der Waals surface area contributed by atoms with Crippen LogP contribution in [-0.4, -0.2) is 67.2 Å². The van der Waals surface area contributed by atoms with E-state index in [0.717, 1.165) is 32.4 Å². The molecule has 0 aromatic carbocycles. The van der Waals surface area contributed by atoms with Crippen LogP contribution in [0.5, 0.6) is 0 Å². The minimum absolute atomic E-state index is 0.0415. The molecule has 17 heteroatoms. The predicted molar refractivity (Wildman–Crippen MR) is 145 cm³/mol. The normalized spacial score (nSPS) is 19.7. The number of carboxylic acids is 1. The van der Waals surface area contributed by atoms with Gasteiger partial charge in [0.25, 0.3) is 11.8 Å². The third kappa shape index (κ3) is 5.73. The first kappa shape index (κ1) is 27.7. The molecule has 0 saturated carbocycles. The maximum Gasteiger partial charge on any atom is 0.353 e. The number of nitrogen functional groups attached to an aromatic ring is 1. The minimum atomic E-state index is -1.60. The van der Waals surface area contributed by atoms with Crippen LogP contribution in [-0.2, 0) is 20.1 Å². The summed E-state index contributed by atoms with van der Waals surface area (Å²) >= 11 is 11.1. The van der Waals surface area contributed by atoms with Gasteiger partial charge in [-0.05, 0) is 16.8 Å². The molecule has 1 saturated heterocycles. The summed E-state index contributed by atoms with van der Waals surface area (Å²) < 4.78 is 0.0415. The number of nitroso groups, excluding NO2 is 1. The molecular formula is C20H20ClN7O5S4. The Bertz CT molecular complexity index is 1280. The Balaban J connectivity index is 1.52. The van der Waals surface area contributed by atoms with Crippen molar-refractivity contribution in [3.05, 3.63) is 49.6 Å². The minimum Gasteiger partial charge on any atom is -0.477 e. The number of thioether (sulfide) groups is 3. The Labute approximate surface area is 232 Å². The molecule has 1 unspecified atom stereocenters. The molecule has 6 N–H and O–H groups in total. The summed E-state index contributed by atoms with van der Waals surface area (Å²) in [6, 6.07) is -0.775. The number of anilines is 1. The van der Waals surface area contributed by atoms with Crippen molar-refractivity contribution in [2.75, 3.05) is 23.8 Å². The third-order valence-corrected chi connectivity index (χ3v) is 10.1. The van der Waals surface area contributed by atoms with Gasteiger partial charge in [-0.3, -0.25) is 19.5 Å². The number of carbonyl (C=O) groups excluding carboxylic acids is 2. The summed E-state index contributed by atoms with van der Waals surface area (Å²) in [5.41, 5.74) is 11.9. The number of nitrogens with zero attached hydrogens (tertiary/aromatic N) is 4. The van der Waals surface area contributed by atoms with Crippen LogP contribution in [0.3, 0.4) is 0 Å². The van der Waals surface area contributed by atoms with Gasteiger partial charge in [0.1, 0.15) is 27.1 Å². The van der Waals surface area contributed by atoms with Gasteiger partial charge in [0.2, 0.25) is 6.04 Å². The molecule has 12 nitrogen and oxygen atoms in total. The number of amides is 2. The zero-order valence-corrected chi connectivity index (χ0v) is 22.8. The number of halogens is 1. The molecule has 2 aliphatic heterocycles. The quantitative estimate of drug-likeness (QED) is 0.167. The fourth-order valence-electron chi connectivity index (χ4n) is 3.64. The highest BCUT2D eigenvalue weighted by Crippen LogP contribution is 2.46. The molecule has 0 aliphatic carbocycles. The molecule has 0 bridgehead atoms. The van der Waals surface area contributed by atoms with E-state index in [1.807, 2.05) is 6.07 Å². The van der Waals surface area contributed by atoms with E-state index in [1.165, 1.54) is 23.5 Å². The second kappa shape index (κ2) is 12.0. The average molecular weight is 602 g/mol. The Hall–Kier alpha value is -2.37. The summed E-state index contributed by atoms with van der Waals surface area (Å²) in [5.74, 6) is -0.987. The molecule has 2 aliphatic rings. The number of carboxylic acid groups (broad SMARTS) is 1. The van der Waals surface area contributed by atoms with Crippen LogP contribution in [0.4, 0.5) is 5.13 Å². The lowest BCUT2D eigenvalue weighted by Gasteiger charge is -2.49. The number of aromatic nitrogens is 2. The smallest absolute Gasteiger partial charge is 0.353 e. The van der Waals surface area contributed by atoms with Gasteiger partial charge in [0, 0.05) is 46.0 Å². The van der Waals surface area contributed by atoms with E-state index in [1.54, 1.807) is 24.2 Å². The molecule has 4 rings (SSSR count). The monoisotopic (exact) mass is 601 g/mol. The molecule has 3 atom stereocenters. The number of rotatable bonds is 11. The summed E-state index contributed by atoms with van der Waals surface area (Å²) in [4.78, 5) is 59.8. The van der Waals surface area contributed by atoms with Crippen LogP contribution in [0.2, 0.25) is 4.34 Å². The molecule has 196 valence electrons. The highest BCUT2D eigenvalue weighted by Gasteiger charge is 2.55. The third-order valence-electron chi connectivity index (χ3n) is 5.30. The van der Waals surface area contributed by atoms with Crippen molar-refractivity contribution in [2.45, 2.75) is 28.1 Å². The number of thiazole rings is 1. The molecule has 1 fully saturated rings. The molecule has 0 spiro atoms. The van der Waals surface area contributed by atoms with E-state index in [2.05, 4.69) is 20.5 Å². The summed E-state index contributed by atoms with van der Waals surface area (Å²) in [5, 5.41) is 14.6. The van der Waals surface area contributed by atoms with Gasteiger partial charge in [0.05, 0.1) is 0 Å². The Morgan fingerprint density at radius 2 is 2.22 bits per heavy atom. The Morgan fingerprint density at radius 3 is 2.86 bits per heavy atom. The molecule has 2 aromatic heterocycles. The largest absolute Gasteiger partial charge is 0.477 e.